The van der Waals surface area contributed by atoms with E-state index >= 15 is 0 Å². The molecule has 0 saturated carbocycles. The Morgan fingerprint density at radius 1 is 0.879 bits per heavy atom. The van der Waals surface area contributed by atoms with Crippen molar-refractivity contribution in [3.8, 4) is 0 Å². The van der Waals surface area contributed by atoms with Gasteiger partial charge in [-0.3, -0.25) is 4.90 Å². The number of halogens is 1. The number of β-amino-alcohol motifs (C(OH)–C–C–N with tert-alkyl or cyclic N) is 2. The minimum absolute atomic E-state index is 0.129. The summed E-state index contributed by atoms with van der Waals surface area (Å²) in [5, 5.41) is 21.2. The van der Waals surface area contributed by atoms with Crippen LogP contribution in [0.25, 0.3) is 0 Å². The molecule has 0 bridgehead atoms. The van der Waals surface area contributed by atoms with Gasteiger partial charge in [-0.2, -0.15) is 0 Å². The molecular weight excluding hydrogens is 417 g/mol. The molecule has 0 aliphatic carbocycles. The second-order valence-corrected chi connectivity index (χ2v) is 8.80. The SMILES string of the molecule is OC1CN(C[C@@H](O)c2ccc(F)cc2)CCC1CCOC(c1ccccc1)c1ccccc1. The van der Waals surface area contributed by atoms with Crippen LogP contribution in [0, 0.1) is 11.7 Å². The lowest BCUT2D eigenvalue weighted by Crippen LogP contribution is -2.45. The van der Waals surface area contributed by atoms with E-state index in [0.717, 1.165) is 30.5 Å². The molecule has 5 heteroatoms. The number of likely N-dealkylation sites (tertiary alicyclic amines) is 1. The van der Waals surface area contributed by atoms with Gasteiger partial charge < -0.3 is 14.9 Å². The van der Waals surface area contributed by atoms with Crippen LogP contribution in [0.1, 0.15) is 41.7 Å². The highest BCUT2D eigenvalue weighted by Gasteiger charge is 2.29. The molecule has 1 aliphatic heterocycles. The maximum absolute atomic E-state index is 13.1. The highest BCUT2D eigenvalue weighted by Crippen LogP contribution is 2.28. The molecule has 1 fully saturated rings. The lowest BCUT2D eigenvalue weighted by Gasteiger charge is -2.37. The molecule has 1 aliphatic rings. The molecule has 1 saturated heterocycles. The Kier molecular flexibility index (Phi) is 8.24. The van der Waals surface area contributed by atoms with Gasteiger partial charge in [-0.1, -0.05) is 72.8 Å². The van der Waals surface area contributed by atoms with Gasteiger partial charge in [-0.05, 0) is 54.1 Å². The van der Waals surface area contributed by atoms with Crippen molar-refractivity contribution in [3.05, 3.63) is 107 Å². The van der Waals surface area contributed by atoms with E-state index in [9.17, 15) is 14.6 Å². The van der Waals surface area contributed by atoms with E-state index in [1.54, 1.807) is 12.1 Å². The molecule has 0 aromatic heterocycles. The topological polar surface area (TPSA) is 52.9 Å². The first-order chi connectivity index (χ1) is 16.1. The van der Waals surface area contributed by atoms with E-state index in [-0.39, 0.29) is 17.8 Å². The van der Waals surface area contributed by atoms with Crippen molar-refractivity contribution >= 4 is 0 Å². The number of piperidine rings is 1. The van der Waals surface area contributed by atoms with Crippen molar-refractivity contribution < 1.29 is 19.3 Å². The Hall–Kier alpha value is -2.57. The maximum Gasteiger partial charge on any atom is 0.123 e. The summed E-state index contributed by atoms with van der Waals surface area (Å²) in [4.78, 5) is 2.08. The van der Waals surface area contributed by atoms with Crippen LogP contribution < -0.4 is 0 Å². The molecule has 0 spiro atoms. The van der Waals surface area contributed by atoms with E-state index in [0.29, 0.717) is 25.3 Å². The highest BCUT2D eigenvalue weighted by atomic mass is 19.1. The first kappa shape index (κ1) is 23.6. The van der Waals surface area contributed by atoms with Crippen LogP contribution in [-0.4, -0.2) is 47.5 Å². The monoisotopic (exact) mass is 449 g/mol. The number of aliphatic hydroxyl groups excluding tert-OH is 2. The molecule has 0 amide bonds. The number of aliphatic hydroxyl groups is 2. The molecular formula is C28H32FNO3. The summed E-state index contributed by atoms with van der Waals surface area (Å²) in [6.45, 7) is 2.31. The van der Waals surface area contributed by atoms with E-state index in [1.807, 2.05) is 36.4 Å². The van der Waals surface area contributed by atoms with E-state index in [4.69, 9.17) is 4.74 Å². The van der Waals surface area contributed by atoms with Crippen molar-refractivity contribution in [1.82, 2.24) is 4.90 Å². The van der Waals surface area contributed by atoms with E-state index in [1.165, 1.54) is 12.1 Å². The lowest BCUT2D eigenvalue weighted by atomic mass is 9.90. The molecule has 2 N–H and O–H groups in total. The highest BCUT2D eigenvalue weighted by molar-refractivity contribution is 5.29. The normalized spacial score (nSPS) is 20.1. The zero-order valence-electron chi connectivity index (χ0n) is 18.8. The number of benzene rings is 3. The Balaban J connectivity index is 1.28. The second-order valence-electron chi connectivity index (χ2n) is 8.80. The van der Waals surface area contributed by atoms with Gasteiger partial charge in [0.15, 0.2) is 0 Å². The van der Waals surface area contributed by atoms with E-state index < -0.39 is 12.2 Å². The van der Waals surface area contributed by atoms with Crippen LogP contribution >= 0.6 is 0 Å². The van der Waals surface area contributed by atoms with Crippen LogP contribution in [0.3, 0.4) is 0 Å². The van der Waals surface area contributed by atoms with Gasteiger partial charge >= 0.3 is 0 Å². The maximum atomic E-state index is 13.1. The van der Waals surface area contributed by atoms with Crippen LogP contribution in [0.4, 0.5) is 4.39 Å². The molecule has 0 radical (unpaired) electrons. The number of ether oxygens (including phenoxy) is 1. The molecule has 3 aromatic carbocycles. The summed E-state index contributed by atoms with van der Waals surface area (Å²) < 4.78 is 19.4. The molecule has 4 rings (SSSR count). The molecule has 3 aromatic rings. The number of nitrogens with zero attached hydrogens (tertiary/aromatic N) is 1. The summed E-state index contributed by atoms with van der Waals surface area (Å²) in [5.41, 5.74) is 2.93. The molecule has 2 unspecified atom stereocenters. The fraction of sp³-hybridized carbons (Fsp3) is 0.357. The van der Waals surface area contributed by atoms with Gasteiger partial charge in [0.2, 0.25) is 0 Å². The summed E-state index contributed by atoms with van der Waals surface area (Å²) in [6.07, 6.45) is 0.341. The third-order valence-corrected chi connectivity index (χ3v) is 6.47. The number of rotatable bonds is 9. The van der Waals surface area contributed by atoms with Crippen LogP contribution in [0.15, 0.2) is 84.9 Å². The zero-order valence-corrected chi connectivity index (χ0v) is 18.8. The standard InChI is InChI=1S/C28H32FNO3/c29-25-13-11-21(12-14-25)26(31)19-30-17-15-22(27(32)20-30)16-18-33-28(23-7-3-1-4-8-23)24-9-5-2-6-10-24/h1-14,22,26-28,31-32H,15-20H2/t22?,26-,27?/m1/s1. The third kappa shape index (κ3) is 6.49. The number of hydrogen-bond acceptors (Lipinski definition) is 4. The summed E-state index contributed by atoms with van der Waals surface area (Å²) in [7, 11) is 0. The smallest absolute Gasteiger partial charge is 0.123 e. The fourth-order valence-corrected chi connectivity index (χ4v) is 4.56. The zero-order chi connectivity index (χ0) is 23.0. The van der Waals surface area contributed by atoms with Crippen LogP contribution in [0.2, 0.25) is 0 Å². The summed E-state index contributed by atoms with van der Waals surface area (Å²) in [6, 6.07) is 26.4. The van der Waals surface area contributed by atoms with Crippen LogP contribution in [-0.2, 0) is 4.74 Å². The summed E-state index contributed by atoms with van der Waals surface area (Å²) in [5.74, 6) is -0.150. The molecule has 4 nitrogen and oxygen atoms in total. The van der Waals surface area contributed by atoms with Crippen molar-refractivity contribution in [2.45, 2.75) is 31.2 Å². The quantitative estimate of drug-likeness (QED) is 0.496. The minimum atomic E-state index is -0.699. The molecule has 3 atom stereocenters. The Bertz CT molecular complexity index is 928. The first-order valence-corrected chi connectivity index (χ1v) is 11.7. The van der Waals surface area contributed by atoms with Crippen molar-refractivity contribution in [1.29, 1.82) is 0 Å². The predicted molar refractivity (Wildman–Crippen MR) is 127 cm³/mol. The molecule has 1 heterocycles. The predicted octanol–water partition coefficient (Wildman–Crippen LogP) is 4.74. The van der Waals surface area contributed by atoms with Crippen LogP contribution in [0.5, 0.6) is 0 Å². The van der Waals surface area contributed by atoms with Gasteiger partial charge in [0, 0.05) is 19.7 Å². The Morgan fingerprint density at radius 2 is 1.48 bits per heavy atom. The van der Waals surface area contributed by atoms with Crippen molar-refractivity contribution in [3.63, 3.8) is 0 Å². The van der Waals surface area contributed by atoms with Gasteiger partial charge in [0.05, 0.1) is 12.2 Å². The fourth-order valence-electron chi connectivity index (χ4n) is 4.56. The Labute approximate surface area is 195 Å². The largest absolute Gasteiger partial charge is 0.392 e. The second kappa shape index (κ2) is 11.5. The number of hydrogen-bond donors (Lipinski definition) is 2. The van der Waals surface area contributed by atoms with Crippen molar-refractivity contribution in [2.24, 2.45) is 5.92 Å². The molecule has 33 heavy (non-hydrogen) atoms. The summed E-state index contributed by atoms with van der Waals surface area (Å²) >= 11 is 0. The average molecular weight is 450 g/mol. The minimum Gasteiger partial charge on any atom is -0.392 e. The van der Waals surface area contributed by atoms with E-state index in [2.05, 4.69) is 29.2 Å². The lowest BCUT2D eigenvalue weighted by molar-refractivity contribution is -0.0154. The van der Waals surface area contributed by atoms with Gasteiger partial charge in [0.25, 0.3) is 0 Å². The van der Waals surface area contributed by atoms with Gasteiger partial charge in [-0.15, -0.1) is 0 Å². The van der Waals surface area contributed by atoms with Crippen molar-refractivity contribution in [2.75, 3.05) is 26.2 Å². The van der Waals surface area contributed by atoms with Gasteiger partial charge in [0.1, 0.15) is 11.9 Å². The third-order valence-electron chi connectivity index (χ3n) is 6.47. The average Bonchev–Trinajstić information content (AvgIpc) is 2.84. The Morgan fingerprint density at radius 3 is 2.06 bits per heavy atom. The molecule has 174 valence electrons. The van der Waals surface area contributed by atoms with Gasteiger partial charge in [-0.25, -0.2) is 4.39 Å². The first-order valence-electron chi connectivity index (χ1n) is 11.7.